The van der Waals surface area contributed by atoms with Crippen LogP contribution in [-0.2, 0) is 0 Å². The molecule has 0 aliphatic carbocycles. The maximum atomic E-state index is 12.2. The molecule has 6 nitrogen and oxygen atoms in total. The fourth-order valence-corrected chi connectivity index (χ4v) is 2.27. The van der Waals surface area contributed by atoms with Crippen LogP contribution in [0.3, 0.4) is 0 Å². The predicted molar refractivity (Wildman–Crippen MR) is 93.0 cm³/mol. The minimum absolute atomic E-state index is 0.0550. The number of nitrogens with zero attached hydrogens (tertiary/aromatic N) is 2. The maximum absolute atomic E-state index is 12.2. The van der Waals surface area contributed by atoms with Gasteiger partial charge in [0.15, 0.2) is 11.6 Å². The molecule has 3 aromatic rings. The Morgan fingerprint density at radius 1 is 1.04 bits per heavy atom. The zero-order valence-electron chi connectivity index (χ0n) is 13.1. The molecule has 2 aromatic carbocycles. The van der Waals surface area contributed by atoms with Crippen molar-refractivity contribution in [3.8, 4) is 0 Å². The molecular formula is C18H16N4O2. The van der Waals surface area contributed by atoms with Crippen LogP contribution in [0.5, 0.6) is 0 Å². The molecule has 0 unspecified atom stereocenters. The summed E-state index contributed by atoms with van der Waals surface area (Å²) in [5.74, 6) is 0.111. The molecule has 1 aromatic heterocycles. The van der Waals surface area contributed by atoms with Crippen molar-refractivity contribution in [1.29, 1.82) is 0 Å². The van der Waals surface area contributed by atoms with Crippen molar-refractivity contribution in [1.82, 2.24) is 9.97 Å². The molecule has 0 fully saturated rings. The van der Waals surface area contributed by atoms with E-state index in [9.17, 15) is 9.59 Å². The first-order chi connectivity index (χ1) is 11.6. The van der Waals surface area contributed by atoms with E-state index in [-0.39, 0.29) is 11.7 Å². The van der Waals surface area contributed by atoms with Gasteiger partial charge in [-0.15, -0.1) is 0 Å². The number of carbonyl (C=O) groups is 2. The van der Waals surface area contributed by atoms with Gasteiger partial charge in [-0.2, -0.15) is 0 Å². The number of hydrogen-bond donors (Lipinski definition) is 2. The normalized spacial score (nSPS) is 10.5. The molecular weight excluding hydrogens is 304 g/mol. The summed E-state index contributed by atoms with van der Waals surface area (Å²) in [4.78, 5) is 32.5. The minimum atomic E-state index is -0.290. The molecule has 24 heavy (non-hydrogen) atoms. The van der Waals surface area contributed by atoms with Crippen molar-refractivity contribution in [2.45, 2.75) is 13.3 Å². The number of carbonyl (C=O) groups excluding carboxylic acids is 2. The predicted octanol–water partition coefficient (Wildman–Crippen LogP) is 3.06. The molecule has 6 heteroatoms. The number of rotatable bonds is 4. The Kier molecular flexibility index (Phi) is 4.20. The maximum Gasteiger partial charge on any atom is 0.256 e. The minimum Gasteiger partial charge on any atom is -0.399 e. The molecule has 1 amide bonds. The molecule has 0 atom stereocenters. The van der Waals surface area contributed by atoms with Crippen molar-refractivity contribution in [3.05, 3.63) is 59.8 Å². The smallest absolute Gasteiger partial charge is 0.256 e. The van der Waals surface area contributed by atoms with Crippen molar-refractivity contribution in [2.75, 3.05) is 11.1 Å². The summed E-state index contributed by atoms with van der Waals surface area (Å²) in [6.07, 6.45) is 1.91. The third-order valence-corrected chi connectivity index (χ3v) is 3.60. The first-order valence-electron chi connectivity index (χ1n) is 7.53. The average Bonchev–Trinajstić information content (AvgIpc) is 2.61. The van der Waals surface area contributed by atoms with Crippen LogP contribution in [0.25, 0.3) is 11.0 Å². The summed E-state index contributed by atoms with van der Waals surface area (Å²) >= 11 is 0. The third-order valence-electron chi connectivity index (χ3n) is 3.60. The van der Waals surface area contributed by atoms with E-state index in [2.05, 4.69) is 15.3 Å². The number of hydrogen-bond acceptors (Lipinski definition) is 5. The van der Waals surface area contributed by atoms with Crippen molar-refractivity contribution in [3.63, 3.8) is 0 Å². The first kappa shape index (κ1) is 15.6. The van der Waals surface area contributed by atoms with Gasteiger partial charge < -0.3 is 11.1 Å². The SMILES string of the molecule is CCC(=O)c1ccc2nc(NC(=O)c3ccc(N)cc3)cnc2c1. The van der Waals surface area contributed by atoms with Gasteiger partial charge in [0.25, 0.3) is 5.91 Å². The second kappa shape index (κ2) is 6.45. The van der Waals surface area contributed by atoms with Gasteiger partial charge in [-0.05, 0) is 42.5 Å². The first-order valence-corrected chi connectivity index (χ1v) is 7.53. The Morgan fingerprint density at radius 3 is 2.46 bits per heavy atom. The number of Topliss-reactive ketones (excluding diaryl/α,β-unsaturated/α-hetero) is 1. The second-order valence-corrected chi connectivity index (χ2v) is 5.31. The highest BCUT2D eigenvalue weighted by Gasteiger charge is 2.09. The fraction of sp³-hybridized carbons (Fsp3) is 0.111. The van der Waals surface area contributed by atoms with Crippen LogP contribution in [0.4, 0.5) is 11.5 Å². The van der Waals surface area contributed by atoms with E-state index in [0.29, 0.717) is 40.1 Å². The van der Waals surface area contributed by atoms with Crippen LogP contribution in [0.15, 0.2) is 48.7 Å². The number of nitrogens with one attached hydrogen (secondary N) is 1. The summed E-state index contributed by atoms with van der Waals surface area (Å²) in [6.45, 7) is 1.81. The molecule has 0 saturated heterocycles. The molecule has 120 valence electrons. The Labute approximate surface area is 138 Å². The lowest BCUT2D eigenvalue weighted by Gasteiger charge is -2.06. The number of ketones is 1. The highest BCUT2D eigenvalue weighted by Crippen LogP contribution is 2.16. The lowest BCUT2D eigenvalue weighted by molar-refractivity contribution is 0.0986. The van der Waals surface area contributed by atoms with Crippen LogP contribution < -0.4 is 11.1 Å². The van der Waals surface area contributed by atoms with E-state index >= 15 is 0 Å². The quantitative estimate of drug-likeness (QED) is 0.568. The Morgan fingerprint density at radius 2 is 1.75 bits per heavy atom. The number of aromatic nitrogens is 2. The largest absolute Gasteiger partial charge is 0.399 e. The molecule has 0 saturated carbocycles. The standard InChI is InChI=1S/C18H16N4O2/c1-2-16(23)12-5-8-14-15(9-12)20-10-17(21-14)22-18(24)11-3-6-13(19)7-4-11/h3-10H,2,19H2,1H3,(H,21,22,24). The van der Waals surface area contributed by atoms with Gasteiger partial charge in [-0.25, -0.2) is 4.98 Å². The van der Waals surface area contributed by atoms with Gasteiger partial charge in [0.1, 0.15) is 0 Å². The number of amides is 1. The van der Waals surface area contributed by atoms with Gasteiger partial charge in [0.2, 0.25) is 0 Å². The van der Waals surface area contributed by atoms with Gasteiger partial charge in [0.05, 0.1) is 17.2 Å². The number of benzene rings is 2. The Balaban J connectivity index is 1.84. The molecule has 0 radical (unpaired) electrons. The molecule has 0 bridgehead atoms. The van der Waals surface area contributed by atoms with Gasteiger partial charge in [-0.1, -0.05) is 6.92 Å². The zero-order valence-corrected chi connectivity index (χ0v) is 13.1. The van der Waals surface area contributed by atoms with E-state index in [1.165, 1.54) is 6.20 Å². The highest BCUT2D eigenvalue weighted by atomic mass is 16.1. The zero-order chi connectivity index (χ0) is 17.1. The van der Waals surface area contributed by atoms with Crippen LogP contribution in [0, 0.1) is 0 Å². The summed E-state index contributed by atoms with van der Waals surface area (Å²) < 4.78 is 0. The van der Waals surface area contributed by atoms with Crippen LogP contribution in [0.2, 0.25) is 0 Å². The van der Waals surface area contributed by atoms with E-state index in [4.69, 9.17) is 5.73 Å². The molecule has 1 heterocycles. The average molecular weight is 320 g/mol. The van der Waals surface area contributed by atoms with E-state index in [1.54, 1.807) is 42.5 Å². The van der Waals surface area contributed by atoms with Gasteiger partial charge in [-0.3, -0.25) is 14.6 Å². The van der Waals surface area contributed by atoms with E-state index in [0.717, 1.165) is 0 Å². The molecule has 0 aliphatic rings. The number of nitrogens with two attached hydrogens (primary N) is 1. The van der Waals surface area contributed by atoms with Gasteiger partial charge >= 0.3 is 0 Å². The van der Waals surface area contributed by atoms with Crippen LogP contribution in [0.1, 0.15) is 34.1 Å². The number of fused-ring (bicyclic) bond motifs is 1. The van der Waals surface area contributed by atoms with E-state index < -0.39 is 0 Å². The highest BCUT2D eigenvalue weighted by molar-refractivity contribution is 6.04. The van der Waals surface area contributed by atoms with Crippen molar-refractivity contribution >= 4 is 34.2 Å². The van der Waals surface area contributed by atoms with Crippen LogP contribution in [-0.4, -0.2) is 21.7 Å². The summed E-state index contributed by atoms with van der Waals surface area (Å²) in [7, 11) is 0. The topological polar surface area (TPSA) is 98.0 Å². The summed E-state index contributed by atoms with van der Waals surface area (Å²) in [5.41, 5.74) is 8.51. The lowest BCUT2D eigenvalue weighted by atomic mass is 10.1. The molecule has 3 rings (SSSR count). The number of anilines is 2. The Bertz CT molecular complexity index is 920. The monoisotopic (exact) mass is 320 g/mol. The molecule has 3 N–H and O–H groups in total. The lowest BCUT2D eigenvalue weighted by Crippen LogP contribution is -2.13. The van der Waals surface area contributed by atoms with E-state index in [1.807, 2.05) is 6.92 Å². The molecule has 0 spiro atoms. The summed E-state index contributed by atoms with van der Waals surface area (Å²) in [6, 6.07) is 11.8. The fourth-order valence-electron chi connectivity index (χ4n) is 2.27. The Hall–Kier alpha value is -3.28. The van der Waals surface area contributed by atoms with Crippen LogP contribution >= 0.6 is 0 Å². The third kappa shape index (κ3) is 3.22. The van der Waals surface area contributed by atoms with Crippen molar-refractivity contribution < 1.29 is 9.59 Å². The second-order valence-electron chi connectivity index (χ2n) is 5.31. The number of nitrogen functional groups attached to an aromatic ring is 1. The summed E-state index contributed by atoms with van der Waals surface area (Å²) in [5, 5.41) is 2.70. The molecule has 0 aliphatic heterocycles. The van der Waals surface area contributed by atoms with Gasteiger partial charge in [0, 0.05) is 23.2 Å². The van der Waals surface area contributed by atoms with Crippen molar-refractivity contribution in [2.24, 2.45) is 0 Å².